The van der Waals surface area contributed by atoms with Crippen molar-refractivity contribution >= 4 is 5.97 Å². The van der Waals surface area contributed by atoms with Crippen molar-refractivity contribution < 1.29 is 23.7 Å². The van der Waals surface area contributed by atoms with Gasteiger partial charge in [0, 0.05) is 0 Å². The molecule has 1 saturated heterocycles. The fourth-order valence-electron chi connectivity index (χ4n) is 3.48. The maximum Gasteiger partial charge on any atom is 0.338 e. The van der Waals surface area contributed by atoms with Crippen molar-refractivity contribution in [1.82, 2.24) is 0 Å². The molecule has 0 saturated carbocycles. The molecule has 0 N–H and O–H groups in total. The summed E-state index contributed by atoms with van der Waals surface area (Å²) >= 11 is 0. The van der Waals surface area contributed by atoms with Crippen LogP contribution in [-0.4, -0.2) is 30.9 Å². The summed E-state index contributed by atoms with van der Waals surface area (Å²) in [4.78, 5) is 12.6. The van der Waals surface area contributed by atoms with E-state index in [1.54, 1.807) is 0 Å². The van der Waals surface area contributed by atoms with Gasteiger partial charge in [-0.3, -0.25) is 0 Å². The number of carbonyl (C=O) groups is 1. The normalized spacial score (nSPS) is 20.9. The molecule has 1 aliphatic heterocycles. The highest BCUT2D eigenvalue weighted by Crippen LogP contribution is 2.23. The summed E-state index contributed by atoms with van der Waals surface area (Å²) in [6, 6.07) is 29.5. The van der Waals surface area contributed by atoms with Gasteiger partial charge in [0.25, 0.3) is 0 Å². The molecule has 3 aromatic carbocycles. The average molecular weight is 418 g/mol. The first-order valence-electron chi connectivity index (χ1n) is 10.4. The molecule has 4 rings (SSSR count). The standard InChI is InChI=1S/C26H26O5/c27-26-25(30-18-22-14-8-3-9-15-22)24(29-17-21-12-6-2-7-13-21)23(19-31-26)28-16-20-10-4-1-5-11-20/h1-15,23-25H,16-19H2. The molecule has 1 aliphatic rings. The van der Waals surface area contributed by atoms with Crippen LogP contribution < -0.4 is 0 Å². The highest BCUT2D eigenvalue weighted by molar-refractivity contribution is 5.76. The minimum Gasteiger partial charge on any atom is -0.461 e. The van der Waals surface area contributed by atoms with Gasteiger partial charge in [-0.25, -0.2) is 4.79 Å². The van der Waals surface area contributed by atoms with Gasteiger partial charge in [-0.1, -0.05) is 91.0 Å². The predicted molar refractivity (Wildman–Crippen MR) is 116 cm³/mol. The Hall–Kier alpha value is -2.99. The summed E-state index contributed by atoms with van der Waals surface area (Å²) in [5, 5.41) is 0. The topological polar surface area (TPSA) is 54.0 Å². The quantitative estimate of drug-likeness (QED) is 0.485. The lowest BCUT2D eigenvalue weighted by Crippen LogP contribution is -2.54. The van der Waals surface area contributed by atoms with Crippen LogP contribution in [-0.2, 0) is 43.6 Å². The van der Waals surface area contributed by atoms with Crippen LogP contribution in [0.15, 0.2) is 91.0 Å². The van der Waals surface area contributed by atoms with E-state index in [0.29, 0.717) is 13.2 Å². The second-order valence-electron chi connectivity index (χ2n) is 7.44. The predicted octanol–water partition coefficient (Wildman–Crippen LogP) is 4.30. The Labute approximate surface area is 182 Å². The highest BCUT2D eigenvalue weighted by atomic mass is 16.6. The van der Waals surface area contributed by atoms with E-state index >= 15 is 0 Å². The minimum atomic E-state index is -0.863. The molecule has 0 amide bonds. The molecule has 31 heavy (non-hydrogen) atoms. The van der Waals surface area contributed by atoms with E-state index in [1.165, 1.54) is 0 Å². The monoisotopic (exact) mass is 418 g/mol. The molecule has 0 aliphatic carbocycles. The van der Waals surface area contributed by atoms with Crippen LogP contribution in [0.25, 0.3) is 0 Å². The van der Waals surface area contributed by atoms with E-state index in [2.05, 4.69) is 0 Å². The van der Waals surface area contributed by atoms with E-state index < -0.39 is 24.3 Å². The molecule has 5 nitrogen and oxygen atoms in total. The van der Waals surface area contributed by atoms with Gasteiger partial charge in [0.15, 0.2) is 6.10 Å². The van der Waals surface area contributed by atoms with Crippen LogP contribution in [0.5, 0.6) is 0 Å². The molecule has 0 aromatic heterocycles. The zero-order valence-electron chi connectivity index (χ0n) is 17.3. The summed E-state index contributed by atoms with van der Waals surface area (Å²) in [6.45, 7) is 1.18. The average Bonchev–Trinajstić information content (AvgIpc) is 2.83. The zero-order valence-corrected chi connectivity index (χ0v) is 17.3. The molecule has 0 radical (unpaired) electrons. The summed E-state index contributed by atoms with van der Waals surface area (Å²) in [6.07, 6.45) is -1.87. The second-order valence-corrected chi connectivity index (χ2v) is 7.44. The number of hydrogen-bond acceptors (Lipinski definition) is 5. The first kappa shape index (κ1) is 21.2. The molecule has 3 unspecified atom stereocenters. The van der Waals surface area contributed by atoms with Crippen LogP contribution in [0.2, 0.25) is 0 Å². The van der Waals surface area contributed by atoms with Crippen LogP contribution in [0.4, 0.5) is 0 Å². The van der Waals surface area contributed by atoms with Gasteiger partial charge in [0.05, 0.1) is 19.8 Å². The maximum atomic E-state index is 12.6. The van der Waals surface area contributed by atoms with Gasteiger partial charge < -0.3 is 18.9 Å². The van der Waals surface area contributed by atoms with Crippen LogP contribution >= 0.6 is 0 Å². The van der Waals surface area contributed by atoms with Crippen molar-refractivity contribution in [2.75, 3.05) is 6.61 Å². The first-order valence-corrected chi connectivity index (χ1v) is 10.4. The van der Waals surface area contributed by atoms with E-state index in [0.717, 1.165) is 16.7 Å². The number of benzene rings is 3. The highest BCUT2D eigenvalue weighted by Gasteiger charge is 2.43. The van der Waals surface area contributed by atoms with E-state index in [9.17, 15) is 4.79 Å². The van der Waals surface area contributed by atoms with Gasteiger partial charge in [0.1, 0.15) is 18.8 Å². The van der Waals surface area contributed by atoms with Crippen LogP contribution in [0, 0.1) is 0 Å². The Bertz CT molecular complexity index is 930. The summed E-state index contributed by atoms with van der Waals surface area (Å²) in [5.41, 5.74) is 3.04. The molecule has 1 heterocycles. The molecule has 0 bridgehead atoms. The third-order valence-electron chi connectivity index (χ3n) is 5.15. The Morgan fingerprint density at radius 3 is 1.61 bits per heavy atom. The van der Waals surface area contributed by atoms with Gasteiger partial charge >= 0.3 is 5.97 Å². The smallest absolute Gasteiger partial charge is 0.338 e. The number of esters is 1. The molecular formula is C26H26O5. The summed E-state index contributed by atoms with van der Waals surface area (Å²) < 4.78 is 23.7. The molecule has 5 heteroatoms. The number of carbonyl (C=O) groups excluding carboxylic acids is 1. The SMILES string of the molecule is O=C1OCC(OCc2ccccc2)C(OCc2ccccc2)C1OCc1ccccc1. The zero-order chi connectivity index (χ0) is 21.3. The third kappa shape index (κ3) is 6.01. The van der Waals surface area contributed by atoms with Crippen molar-refractivity contribution in [3.63, 3.8) is 0 Å². The number of cyclic esters (lactones) is 1. The van der Waals surface area contributed by atoms with Gasteiger partial charge in [-0.05, 0) is 16.7 Å². The fraction of sp³-hybridized carbons (Fsp3) is 0.269. The van der Waals surface area contributed by atoms with E-state index in [1.807, 2.05) is 91.0 Å². The fourth-order valence-corrected chi connectivity index (χ4v) is 3.48. The third-order valence-corrected chi connectivity index (χ3v) is 5.15. The van der Waals surface area contributed by atoms with Gasteiger partial charge in [-0.2, -0.15) is 0 Å². The van der Waals surface area contributed by atoms with Crippen molar-refractivity contribution in [1.29, 1.82) is 0 Å². The van der Waals surface area contributed by atoms with E-state index in [4.69, 9.17) is 18.9 Å². The van der Waals surface area contributed by atoms with Gasteiger partial charge in [-0.15, -0.1) is 0 Å². The van der Waals surface area contributed by atoms with Crippen molar-refractivity contribution in [3.8, 4) is 0 Å². The van der Waals surface area contributed by atoms with Crippen molar-refractivity contribution in [3.05, 3.63) is 108 Å². The number of rotatable bonds is 9. The lowest BCUT2D eigenvalue weighted by molar-refractivity contribution is -0.215. The molecular weight excluding hydrogens is 392 g/mol. The van der Waals surface area contributed by atoms with E-state index in [-0.39, 0.29) is 13.2 Å². The molecule has 3 atom stereocenters. The minimum absolute atomic E-state index is 0.135. The van der Waals surface area contributed by atoms with Gasteiger partial charge in [0.2, 0.25) is 0 Å². The lowest BCUT2D eigenvalue weighted by Gasteiger charge is -2.36. The molecule has 0 spiro atoms. The van der Waals surface area contributed by atoms with Crippen molar-refractivity contribution in [2.45, 2.75) is 38.1 Å². The lowest BCUT2D eigenvalue weighted by atomic mass is 10.0. The van der Waals surface area contributed by atoms with Crippen LogP contribution in [0.3, 0.4) is 0 Å². The Balaban J connectivity index is 1.47. The Kier molecular flexibility index (Phi) is 7.45. The molecule has 1 fully saturated rings. The molecule has 160 valence electrons. The summed E-state index contributed by atoms with van der Waals surface area (Å²) in [5.74, 6) is -0.423. The largest absolute Gasteiger partial charge is 0.461 e. The van der Waals surface area contributed by atoms with Crippen LogP contribution in [0.1, 0.15) is 16.7 Å². The summed E-state index contributed by atoms with van der Waals surface area (Å²) in [7, 11) is 0. The number of ether oxygens (including phenoxy) is 4. The Morgan fingerprint density at radius 2 is 1.10 bits per heavy atom. The Morgan fingerprint density at radius 1 is 0.645 bits per heavy atom. The first-order chi connectivity index (χ1) is 15.3. The maximum absolute atomic E-state index is 12.6. The van der Waals surface area contributed by atoms with Crippen molar-refractivity contribution in [2.24, 2.45) is 0 Å². The molecule has 3 aromatic rings. The second kappa shape index (κ2) is 10.9. The number of hydrogen-bond donors (Lipinski definition) is 0.